The van der Waals surface area contributed by atoms with Gasteiger partial charge in [0.1, 0.15) is 0 Å². The minimum Gasteiger partial charge on any atom is -0.198 e. The molecule has 1 nitrogen and oxygen atoms in total. The lowest BCUT2D eigenvalue weighted by Gasteiger charge is -2.24. The molecular formula is C12H14BrN. The summed E-state index contributed by atoms with van der Waals surface area (Å²) in [4.78, 5) is 0. The largest absolute Gasteiger partial charge is 0.198 e. The number of nitrogens with zero attached hydrogens (tertiary/aromatic N) is 1. The van der Waals surface area contributed by atoms with Crippen LogP contribution in [0.3, 0.4) is 0 Å². The number of benzene rings is 1. The van der Waals surface area contributed by atoms with E-state index in [4.69, 9.17) is 5.26 Å². The van der Waals surface area contributed by atoms with Crippen LogP contribution in [0.15, 0.2) is 28.7 Å². The lowest BCUT2D eigenvalue weighted by molar-refractivity contribution is 0.373. The van der Waals surface area contributed by atoms with E-state index in [1.54, 1.807) is 0 Å². The highest BCUT2D eigenvalue weighted by Crippen LogP contribution is 2.34. The third-order valence-electron chi connectivity index (χ3n) is 2.20. The van der Waals surface area contributed by atoms with Gasteiger partial charge in [-0.3, -0.25) is 0 Å². The summed E-state index contributed by atoms with van der Waals surface area (Å²) in [6, 6.07) is 10.3. The Hall–Kier alpha value is -0.810. The van der Waals surface area contributed by atoms with Crippen LogP contribution in [0.25, 0.3) is 0 Å². The Morgan fingerprint density at radius 1 is 1.21 bits per heavy atom. The van der Waals surface area contributed by atoms with Crippen molar-refractivity contribution < 1.29 is 0 Å². The first-order valence-electron chi connectivity index (χ1n) is 4.60. The molecule has 0 amide bonds. The van der Waals surface area contributed by atoms with Gasteiger partial charge in [0.25, 0.3) is 0 Å². The standard InChI is InChI=1S/C12H14BrN/c1-12(2,3)11(8-14)9-4-6-10(13)7-5-9/h4-7,11H,1-3H3/t11-/m1/s1. The van der Waals surface area contributed by atoms with Crippen molar-refractivity contribution in [3.8, 4) is 6.07 Å². The SMILES string of the molecule is CC(C)(C)[C@H](C#N)c1ccc(Br)cc1. The van der Waals surface area contributed by atoms with Crippen molar-refractivity contribution in [2.45, 2.75) is 26.7 Å². The Kier molecular flexibility index (Phi) is 3.34. The maximum absolute atomic E-state index is 9.12. The molecule has 74 valence electrons. The molecule has 0 unspecified atom stereocenters. The minimum atomic E-state index is -0.0457. The van der Waals surface area contributed by atoms with Gasteiger partial charge in [0.05, 0.1) is 12.0 Å². The number of rotatable bonds is 1. The van der Waals surface area contributed by atoms with E-state index in [-0.39, 0.29) is 11.3 Å². The van der Waals surface area contributed by atoms with Crippen LogP contribution in [0.1, 0.15) is 32.3 Å². The van der Waals surface area contributed by atoms with Crippen molar-refractivity contribution in [3.05, 3.63) is 34.3 Å². The maximum Gasteiger partial charge on any atom is 0.0761 e. The van der Waals surface area contributed by atoms with Crippen LogP contribution in [0.2, 0.25) is 0 Å². The van der Waals surface area contributed by atoms with Crippen LogP contribution in [-0.4, -0.2) is 0 Å². The molecule has 14 heavy (non-hydrogen) atoms. The monoisotopic (exact) mass is 251 g/mol. The molecule has 2 heteroatoms. The van der Waals surface area contributed by atoms with Gasteiger partial charge in [0.15, 0.2) is 0 Å². The molecule has 0 aliphatic heterocycles. The number of halogens is 1. The minimum absolute atomic E-state index is 0.0113. The quantitative estimate of drug-likeness (QED) is 0.738. The highest BCUT2D eigenvalue weighted by Gasteiger charge is 2.25. The molecule has 0 aliphatic rings. The molecule has 0 spiro atoms. The Balaban J connectivity index is 3.04. The molecular weight excluding hydrogens is 238 g/mol. The molecule has 0 heterocycles. The van der Waals surface area contributed by atoms with Crippen LogP contribution in [0.4, 0.5) is 0 Å². The molecule has 0 saturated carbocycles. The first-order chi connectivity index (χ1) is 6.45. The average molecular weight is 252 g/mol. The predicted octanol–water partition coefficient (Wildman–Crippen LogP) is 4.10. The van der Waals surface area contributed by atoms with E-state index in [0.717, 1.165) is 10.0 Å². The van der Waals surface area contributed by atoms with E-state index in [1.807, 2.05) is 24.3 Å². The van der Waals surface area contributed by atoms with Gasteiger partial charge >= 0.3 is 0 Å². The van der Waals surface area contributed by atoms with Crippen molar-refractivity contribution in [3.63, 3.8) is 0 Å². The van der Waals surface area contributed by atoms with Crippen LogP contribution >= 0.6 is 15.9 Å². The summed E-state index contributed by atoms with van der Waals surface area (Å²) < 4.78 is 1.05. The number of hydrogen-bond acceptors (Lipinski definition) is 1. The number of hydrogen-bond donors (Lipinski definition) is 0. The van der Waals surface area contributed by atoms with E-state index in [0.29, 0.717) is 0 Å². The molecule has 0 aliphatic carbocycles. The lowest BCUT2D eigenvalue weighted by atomic mass is 9.77. The number of nitriles is 1. The zero-order valence-electron chi connectivity index (χ0n) is 8.71. The van der Waals surface area contributed by atoms with Gasteiger partial charge in [-0.15, -0.1) is 0 Å². The second-order valence-electron chi connectivity index (χ2n) is 4.48. The van der Waals surface area contributed by atoms with Crippen LogP contribution in [0.5, 0.6) is 0 Å². The van der Waals surface area contributed by atoms with E-state index >= 15 is 0 Å². The molecule has 0 saturated heterocycles. The molecule has 0 fully saturated rings. The average Bonchev–Trinajstić information content (AvgIpc) is 2.07. The van der Waals surface area contributed by atoms with E-state index < -0.39 is 0 Å². The van der Waals surface area contributed by atoms with Gasteiger partial charge in [0.2, 0.25) is 0 Å². The molecule has 1 atom stereocenters. The fourth-order valence-electron chi connectivity index (χ4n) is 1.42. The van der Waals surface area contributed by atoms with Crippen LogP contribution in [-0.2, 0) is 0 Å². The second-order valence-corrected chi connectivity index (χ2v) is 5.40. The van der Waals surface area contributed by atoms with Crippen molar-refractivity contribution in [1.82, 2.24) is 0 Å². The first-order valence-corrected chi connectivity index (χ1v) is 5.39. The summed E-state index contributed by atoms with van der Waals surface area (Å²) in [5, 5.41) is 9.12. The third kappa shape index (κ3) is 2.59. The molecule has 0 radical (unpaired) electrons. The Morgan fingerprint density at radius 2 is 1.71 bits per heavy atom. The van der Waals surface area contributed by atoms with Gasteiger partial charge in [0, 0.05) is 4.47 Å². The lowest BCUT2D eigenvalue weighted by Crippen LogP contribution is -2.16. The Labute approximate surface area is 93.9 Å². The van der Waals surface area contributed by atoms with E-state index in [1.165, 1.54) is 0 Å². The third-order valence-corrected chi connectivity index (χ3v) is 2.73. The summed E-state index contributed by atoms with van der Waals surface area (Å²) in [7, 11) is 0. The predicted molar refractivity (Wildman–Crippen MR) is 62.0 cm³/mol. The molecule has 1 aromatic rings. The summed E-state index contributed by atoms with van der Waals surface area (Å²) in [6.07, 6.45) is 0. The summed E-state index contributed by atoms with van der Waals surface area (Å²) >= 11 is 3.38. The maximum atomic E-state index is 9.12. The fraction of sp³-hybridized carbons (Fsp3) is 0.417. The zero-order chi connectivity index (χ0) is 10.8. The van der Waals surface area contributed by atoms with Crippen LogP contribution in [0, 0.1) is 16.7 Å². The molecule has 0 aromatic heterocycles. The molecule has 1 aromatic carbocycles. The topological polar surface area (TPSA) is 23.8 Å². The fourth-order valence-corrected chi connectivity index (χ4v) is 1.69. The summed E-state index contributed by atoms with van der Waals surface area (Å²) in [5.41, 5.74) is 1.07. The second kappa shape index (κ2) is 4.14. The van der Waals surface area contributed by atoms with Gasteiger partial charge in [-0.25, -0.2) is 0 Å². The molecule has 1 rings (SSSR count). The van der Waals surface area contributed by atoms with Crippen molar-refractivity contribution in [1.29, 1.82) is 5.26 Å². The molecule has 0 N–H and O–H groups in total. The highest BCUT2D eigenvalue weighted by atomic mass is 79.9. The normalized spacial score (nSPS) is 13.4. The first kappa shape index (κ1) is 11.3. The van der Waals surface area contributed by atoms with Gasteiger partial charge in [-0.2, -0.15) is 5.26 Å². The summed E-state index contributed by atoms with van der Waals surface area (Å²) in [6.45, 7) is 6.26. The Morgan fingerprint density at radius 3 is 2.07 bits per heavy atom. The van der Waals surface area contributed by atoms with E-state index in [2.05, 4.69) is 42.8 Å². The van der Waals surface area contributed by atoms with Gasteiger partial charge in [-0.1, -0.05) is 48.8 Å². The van der Waals surface area contributed by atoms with Gasteiger partial charge in [-0.05, 0) is 23.1 Å². The zero-order valence-corrected chi connectivity index (χ0v) is 10.3. The van der Waals surface area contributed by atoms with Crippen LogP contribution < -0.4 is 0 Å². The van der Waals surface area contributed by atoms with Crippen molar-refractivity contribution in [2.24, 2.45) is 5.41 Å². The summed E-state index contributed by atoms with van der Waals surface area (Å²) in [5.74, 6) is -0.0457. The smallest absolute Gasteiger partial charge is 0.0761 e. The van der Waals surface area contributed by atoms with Crippen molar-refractivity contribution in [2.75, 3.05) is 0 Å². The Bertz CT molecular complexity index is 340. The van der Waals surface area contributed by atoms with E-state index in [9.17, 15) is 0 Å². The van der Waals surface area contributed by atoms with Gasteiger partial charge < -0.3 is 0 Å². The highest BCUT2D eigenvalue weighted by molar-refractivity contribution is 9.10. The van der Waals surface area contributed by atoms with Crippen molar-refractivity contribution >= 4 is 15.9 Å². The molecule has 0 bridgehead atoms.